The molecule has 1 N–H and O–H groups in total. The van der Waals surface area contributed by atoms with Gasteiger partial charge in [0.05, 0.1) is 30.7 Å². The van der Waals surface area contributed by atoms with Crippen LogP contribution in [-0.2, 0) is 21.0 Å². The second-order valence-electron chi connectivity index (χ2n) is 7.08. The number of nitrogens with one attached hydrogen (secondary N) is 1. The second kappa shape index (κ2) is 9.59. The van der Waals surface area contributed by atoms with Crippen molar-refractivity contribution >= 4 is 21.6 Å². The Kier molecular flexibility index (Phi) is 7.58. The Balaban J connectivity index is 2.26. The van der Waals surface area contributed by atoms with Gasteiger partial charge in [-0.3, -0.25) is 9.10 Å². The van der Waals surface area contributed by atoms with Crippen molar-refractivity contribution in [3.63, 3.8) is 0 Å². The van der Waals surface area contributed by atoms with Crippen LogP contribution in [0.2, 0.25) is 0 Å². The maximum atomic E-state index is 13.0. The normalized spacial score (nSPS) is 12.9. The molecule has 1 amide bonds. The van der Waals surface area contributed by atoms with Crippen LogP contribution >= 0.6 is 0 Å². The topological polar surface area (TPSA) is 75.7 Å². The lowest BCUT2D eigenvalue weighted by molar-refractivity contribution is -0.137. The van der Waals surface area contributed by atoms with E-state index in [9.17, 15) is 26.4 Å². The average molecular weight is 459 g/mol. The molecule has 2 rings (SSSR count). The van der Waals surface area contributed by atoms with E-state index < -0.39 is 40.3 Å². The zero-order valence-electron chi connectivity index (χ0n) is 17.7. The maximum absolute atomic E-state index is 13.0. The number of nitrogens with zero attached hydrogens (tertiary/aromatic N) is 1. The fourth-order valence-electron chi connectivity index (χ4n) is 3.15. The fraction of sp³-hybridized carbons (Fsp3) is 0.381. The van der Waals surface area contributed by atoms with Gasteiger partial charge in [0.2, 0.25) is 15.9 Å². The van der Waals surface area contributed by atoms with Gasteiger partial charge < -0.3 is 10.1 Å². The van der Waals surface area contributed by atoms with Crippen LogP contribution in [-0.4, -0.2) is 34.2 Å². The molecule has 0 saturated carbocycles. The molecule has 1 unspecified atom stereocenters. The van der Waals surface area contributed by atoms with E-state index >= 15 is 0 Å². The van der Waals surface area contributed by atoms with E-state index in [1.54, 1.807) is 19.2 Å². The minimum atomic E-state index is -4.64. The second-order valence-corrected chi connectivity index (χ2v) is 8.98. The number of ether oxygens (including phenoxy) is 1. The molecule has 31 heavy (non-hydrogen) atoms. The van der Waals surface area contributed by atoms with Crippen LogP contribution in [0.15, 0.2) is 42.5 Å². The van der Waals surface area contributed by atoms with E-state index in [0.29, 0.717) is 22.5 Å². The van der Waals surface area contributed by atoms with Gasteiger partial charge in [-0.2, -0.15) is 13.2 Å². The molecule has 0 aliphatic heterocycles. The number of alkyl halides is 3. The fourth-order valence-corrected chi connectivity index (χ4v) is 4.00. The van der Waals surface area contributed by atoms with Gasteiger partial charge in [0.25, 0.3) is 0 Å². The first-order valence-electron chi connectivity index (χ1n) is 9.45. The number of hydrogen-bond donors (Lipinski definition) is 1. The van der Waals surface area contributed by atoms with Crippen LogP contribution in [0.25, 0.3) is 0 Å². The Hall–Kier alpha value is -2.75. The molecule has 0 spiro atoms. The molecule has 2 aromatic rings. The van der Waals surface area contributed by atoms with Gasteiger partial charge in [-0.05, 0) is 48.7 Å². The summed E-state index contributed by atoms with van der Waals surface area (Å²) in [5.41, 5.74) is 0.438. The van der Waals surface area contributed by atoms with E-state index in [0.717, 1.165) is 29.5 Å². The Morgan fingerprint density at radius 3 is 2.39 bits per heavy atom. The minimum absolute atomic E-state index is 0.235. The highest BCUT2D eigenvalue weighted by atomic mass is 32.2. The summed E-state index contributed by atoms with van der Waals surface area (Å²) in [6.07, 6.45) is -3.27. The molecule has 0 fully saturated rings. The Bertz CT molecular complexity index is 1040. The van der Waals surface area contributed by atoms with Crippen LogP contribution in [0, 0.1) is 6.92 Å². The van der Waals surface area contributed by atoms with Gasteiger partial charge >= 0.3 is 6.18 Å². The molecule has 0 saturated heterocycles. The zero-order valence-corrected chi connectivity index (χ0v) is 18.5. The molecule has 0 aliphatic carbocycles. The molecule has 0 radical (unpaired) electrons. The zero-order chi connectivity index (χ0) is 23.4. The Morgan fingerprint density at radius 1 is 1.19 bits per heavy atom. The number of benzene rings is 2. The SMILES string of the molecule is CCC(NC(=O)CN(c1cccc(C(F)(F)F)c1)S(C)(=O)=O)c1ccc(OC)c(C)c1. The lowest BCUT2D eigenvalue weighted by Gasteiger charge is -2.25. The first kappa shape index (κ1) is 24.5. The number of halogens is 3. The van der Waals surface area contributed by atoms with Crippen molar-refractivity contribution in [2.24, 2.45) is 0 Å². The number of anilines is 1. The highest BCUT2D eigenvalue weighted by Gasteiger charge is 2.32. The molecular formula is C21H25F3N2O4S. The predicted octanol–water partition coefficient (Wildman–Crippen LogP) is 4.06. The average Bonchev–Trinajstić information content (AvgIpc) is 2.68. The highest BCUT2D eigenvalue weighted by Crippen LogP contribution is 2.32. The third kappa shape index (κ3) is 6.36. The first-order chi connectivity index (χ1) is 14.4. The predicted molar refractivity (Wildman–Crippen MR) is 113 cm³/mol. The van der Waals surface area contributed by atoms with E-state index in [1.807, 2.05) is 19.9 Å². The van der Waals surface area contributed by atoms with Crippen molar-refractivity contribution in [3.05, 3.63) is 59.2 Å². The van der Waals surface area contributed by atoms with Gasteiger partial charge in [0.1, 0.15) is 12.3 Å². The van der Waals surface area contributed by atoms with Gasteiger partial charge in [-0.15, -0.1) is 0 Å². The van der Waals surface area contributed by atoms with Crippen molar-refractivity contribution in [2.75, 3.05) is 24.2 Å². The molecule has 170 valence electrons. The number of aryl methyl sites for hydroxylation is 1. The third-order valence-electron chi connectivity index (χ3n) is 4.71. The third-order valence-corrected chi connectivity index (χ3v) is 5.85. The molecular weight excluding hydrogens is 433 g/mol. The standard InChI is InChI=1S/C21H25F3N2O4S/c1-5-18(15-9-10-19(30-3)14(2)11-15)25-20(27)13-26(31(4,28)29)17-8-6-7-16(12-17)21(22,23)24/h6-12,18H,5,13H2,1-4H3,(H,25,27). The van der Waals surface area contributed by atoms with Gasteiger partial charge in [0, 0.05) is 0 Å². The van der Waals surface area contributed by atoms with Crippen LogP contribution in [0.3, 0.4) is 0 Å². The summed E-state index contributed by atoms with van der Waals surface area (Å²) in [7, 11) is -2.46. The monoisotopic (exact) mass is 458 g/mol. The molecule has 0 aromatic heterocycles. The number of rotatable bonds is 8. The molecule has 1 atom stereocenters. The Labute approximate surface area is 180 Å². The van der Waals surface area contributed by atoms with Crippen LogP contribution in [0.1, 0.15) is 36.1 Å². The summed E-state index contributed by atoms with van der Waals surface area (Å²) in [5, 5.41) is 2.76. The molecule has 0 bridgehead atoms. The molecule has 0 aliphatic rings. The largest absolute Gasteiger partial charge is 0.496 e. The summed E-state index contributed by atoms with van der Waals surface area (Å²) in [5.74, 6) is 0.0564. The van der Waals surface area contributed by atoms with E-state index in [1.165, 1.54) is 6.07 Å². The van der Waals surface area contributed by atoms with Crippen LogP contribution in [0.4, 0.5) is 18.9 Å². The van der Waals surface area contributed by atoms with Gasteiger partial charge in [-0.1, -0.05) is 25.1 Å². The summed E-state index contributed by atoms with van der Waals surface area (Å²) in [4.78, 5) is 12.6. The number of hydrogen-bond acceptors (Lipinski definition) is 4. The smallest absolute Gasteiger partial charge is 0.416 e. The lowest BCUT2D eigenvalue weighted by Crippen LogP contribution is -2.41. The maximum Gasteiger partial charge on any atom is 0.416 e. The van der Waals surface area contributed by atoms with Crippen molar-refractivity contribution in [1.82, 2.24) is 5.32 Å². The van der Waals surface area contributed by atoms with Gasteiger partial charge in [-0.25, -0.2) is 8.42 Å². The van der Waals surface area contributed by atoms with Crippen molar-refractivity contribution in [2.45, 2.75) is 32.5 Å². The highest BCUT2D eigenvalue weighted by molar-refractivity contribution is 7.92. The number of sulfonamides is 1. The van der Waals surface area contributed by atoms with Crippen LogP contribution < -0.4 is 14.4 Å². The minimum Gasteiger partial charge on any atom is -0.496 e. The molecule has 10 heteroatoms. The quantitative estimate of drug-likeness (QED) is 0.648. The molecule has 6 nitrogen and oxygen atoms in total. The number of carbonyl (C=O) groups excluding carboxylic acids is 1. The number of carbonyl (C=O) groups is 1. The van der Waals surface area contributed by atoms with Crippen molar-refractivity contribution in [1.29, 1.82) is 0 Å². The van der Waals surface area contributed by atoms with Crippen molar-refractivity contribution < 1.29 is 31.1 Å². The number of amides is 1. The van der Waals surface area contributed by atoms with E-state index in [-0.39, 0.29) is 5.69 Å². The van der Waals surface area contributed by atoms with E-state index in [4.69, 9.17) is 4.74 Å². The number of methoxy groups -OCH3 is 1. The molecule has 2 aromatic carbocycles. The summed E-state index contributed by atoms with van der Waals surface area (Å²) in [6, 6.07) is 8.87. The molecule has 0 heterocycles. The summed E-state index contributed by atoms with van der Waals surface area (Å²) >= 11 is 0. The lowest BCUT2D eigenvalue weighted by atomic mass is 10.0. The summed E-state index contributed by atoms with van der Waals surface area (Å²) < 4.78 is 69.4. The van der Waals surface area contributed by atoms with E-state index in [2.05, 4.69) is 5.32 Å². The van der Waals surface area contributed by atoms with Crippen LogP contribution in [0.5, 0.6) is 5.75 Å². The first-order valence-corrected chi connectivity index (χ1v) is 11.3. The van der Waals surface area contributed by atoms with Gasteiger partial charge in [0.15, 0.2) is 0 Å². The summed E-state index contributed by atoms with van der Waals surface area (Å²) in [6.45, 7) is 3.06. The van der Waals surface area contributed by atoms with Crippen molar-refractivity contribution in [3.8, 4) is 5.75 Å². The Morgan fingerprint density at radius 2 is 1.87 bits per heavy atom.